The Balaban J connectivity index is 1.44. The largest absolute Gasteiger partial charge is 0.455 e. The van der Waals surface area contributed by atoms with Crippen LogP contribution >= 0.6 is 0 Å². The highest BCUT2D eigenvalue weighted by Gasteiger charge is 2.10. The molecule has 166 valence electrons. The van der Waals surface area contributed by atoms with Crippen LogP contribution in [0.3, 0.4) is 0 Å². The smallest absolute Gasteiger partial charge is 0.153 e. The second kappa shape index (κ2) is 9.18. The number of pyridine rings is 1. The number of ether oxygens (including phenoxy) is 1. The molecular weight excluding hydrogens is 424 g/mol. The molecule has 6 heteroatoms. The van der Waals surface area contributed by atoms with E-state index in [-0.39, 0.29) is 6.61 Å². The maximum atomic E-state index is 8.97. The van der Waals surface area contributed by atoms with Crippen molar-refractivity contribution in [2.75, 3.05) is 11.9 Å². The summed E-state index contributed by atoms with van der Waals surface area (Å²) in [5.41, 5.74) is 5.24. The molecule has 0 aliphatic rings. The highest BCUT2D eigenvalue weighted by Crippen LogP contribution is 2.33. The molecule has 0 aliphatic heterocycles. The van der Waals surface area contributed by atoms with Crippen molar-refractivity contribution in [1.29, 1.82) is 0 Å². The van der Waals surface area contributed by atoms with Crippen LogP contribution in [0.5, 0.6) is 11.5 Å². The van der Waals surface area contributed by atoms with Gasteiger partial charge in [-0.1, -0.05) is 30.0 Å². The SMILES string of the molecule is Cc1ccc2cccc(Oc3ccc(Nc4ncnc5ccc(C#CCO)cc45)cc3C)c2n1. The number of aromatic nitrogens is 3. The van der Waals surface area contributed by atoms with E-state index in [0.717, 1.165) is 55.8 Å². The molecule has 0 fully saturated rings. The Morgan fingerprint density at radius 2 is 1.85 bits per heavy atom. The summed E-state index contributed by atoms with van der Waals surface area (Å²) >= 11 is 0. The van der Waals surface area contributed by atoms with Crippen molar-refractivity contribution >= 4 is 33.3 Å². The summed E-state index contributed by atoms with van der Waals surface area (Å²) in [4.78, 5) is 13.4. The number of aryl methyl sites for hydroxylation is 2. The van der Waals surface area contributed by atoms with Gasteiger partial charge in [0, 0.05) is 27.7 Å². The number of rotatable bonds is 4. The zero-order chi connectivity index (χ0) is 23.5. The van der Waals surface area contributed by atoms with Gasteiger partial charge >= 0.3 is 0 Å². The first-order valence-corrected chi connectivity index (χ1v) is 10.9. The Morgan fingerprint density at radius 1 is 0.941 bits per heavy atom. The van der Waals surface area contributed by atoms with Crippen LogP contribution in [-0.4, -0.2) is 26.7 Å². The van der Waals surface area contributed by atoms with Crippen molar-refractivity contribution in [3.63, 3.8) is 0 Å². The lowest BCUT2D eigenvalue weighted by Gasteiger charge is -2.13. The summed E-state index contributed by atoms with van der Waals surface area (Å²) in [6, 6.07) is 21.6. The van der Waals surface area contributed by atoms with E-state index >= 15 is 0 Å². The Morgan fingerprint density at radius 3 is 2.71 bits per heavy atom. The number of hydrogen-bond donors (Lipinski definition) is 2. The number of aliphatic hydroxyl groups is 1. The number of benzene rings is 3. The number of nitrogens with one attached hydrogen (secondary N) is 1. The quantitative estimate of drug-likeness (QED) is 0.346. The Kier molecular flexibility index (Phi) is 5.77. The molecule has 0 radical (unpaired) electrons. The molecule has 0 amide bonds. The Hall–Kier alpha value is -4.47. The molecule has 2 N–H and O–H groups in total. The van der Waals surface area contributed by atoms with E-state index in [4.69, 9.17) is 9.84 Å². The zero-order valence-electron chi connectivity index (χ0n) is 18.8. The molecule has 0 saturated carbocycles. The van der Waals surface area contributed by atoms with Gasteiger partial charge < -0.3 is 15.2 Å². The molecule has 0 aliphatic carbocycles. The van der Waals surface area contributed by atoms with Gasteiger partial charge in [-0.15, -0.1) is 0 Å². The van der Waals surface area contributed by atoms with Crippen LogP contribution < -0.4 is 10.1 Å². The third-order valence-corrected chi connectivity index (χ3v) is 5.43. The average molecular weight is 447 g/mol. The van der Waals surface area contributed by atoms with E-state index < -0.39 is 0 Å². The summed E-state index contributed by atoms with van der Waals surface area (Å²) < 4.78 is 6.25. The molecule has 3 aromatic carbocycles. The van der Waals surface area contributed by atoms with Crippen molar-refractivity contribution in [2.45, 2.75) is 13.8 Å². The van der Waals surface area contributed by atoms with Gasteiger partial charge in [-0.3, -0.25) is 0 Å². The molecule has 5 aromatic rings. The topological polar surface area (TPSA) is 80.2 Å². The van der Waals surface area contributed by atoms with Crippen molar-refractivity contribution in [2.24, 2.45) is 0 Å². The van der Waals surface area contributed by atoms with Gasteiger partial charge in [-0.05, 0) is 67.9 Å². The van der Waals surface area contributed by atoms with Crippen molar-refractivity contribution < 1.29 is 9.84 Å². The molecule has 5 rings (SSSR count). The van der Waals surface area contributed by atoms with E-state index in [1.165, 1.54) is 6.33 Å². The normalized spacial score (nSPS) is 10.7. The fraction of sp³-hybridized carbons (Fsp3) is 0.107. The number of aliphatic hydroxyl groups excluding tert-OH is 1. The number of fused-ring (bicyclic) bond motifs is 2. The van der Waals surface area contributed by atoms with Crippen LogP contribution in [0.25, 0.3) is 21.8 Å². The van der Waals surface area contributed by atoms with Gasteiger partial charge in [0.2, 0.25) is 0 Å². The molecular formula is C28H22N4O2. The highest BCUT2D eigenvalue weighted by molar-refractivity contribution is 5.91. The van der Waals surface area contributed by atoms with Crippen LogP contribution in [-0.2, 0) is 0 Å². The molecule has 2 heterocycles. The number of hydrogen-bond acceptors (Lipinski definition) is 6. The fourth-order valence-electron chi connectivity index (χ4n) is 3.77. The lowest BCUT2D eigenvalue weighted by atomic mass is 10.1. The second-order valence-electron chi connectivity index (χ2n) is 7.90. The van der Waals surface area contributed by atoms with E-state index in [1.54, 1.807) is 0 Å². The van der Waals surface area contributed by atoms with Crippen LogP contribution in [0.1, 0.15) is 16.8 Å². The monoisotopic (exact) mass is 446 g/mol. The zero-order valence-corrected chi connectivity index (χ0v) is 18.8. The minimum atomic E-state index is -0.184. The summed E-state index contributed by atoms with van der Waals surface area (Å²) in [6.45, 7) is 3.79. The Labute approximate surface area is 197 Å². The summed E-state index contributed by atoms with van der Waals surface area (Å²) in [5.74, 6) is 7.77. The first kappa shape index (κ1) is 21.4. The molecule has 0 bridgehead atoms. The van der Waals surface area contributed by atoms with E-state index in [1.807, 2.05) is 74.5 Å². The molecule has 6 nitrogen and oxygen atoms in total. The highest BCUT2D eigenvalue weighted by atomic mass is 16.5. The minimum Gasteiger partial charge on any atom is -0.455 e. The maximum absolute atomic E-state index is 8.97. The van der Waals surface area contributed by atoms with E-state index in [0.29, 0.717) is 5.82 Å². The lowest BCUT2D eigenvalue weighted by Crippen LogP contribution is -1.98. The van der Waals surface area contributed by atoms with Gasteiger partial charge in [0.25, 0.3) is 0 Å². The van der Waals surface area contributed by atoms with Gasteiger partial charge in [0.1, 0.15) is 30.0 Å². The van der Waals surface area contributed by atoms with Crippen molar-refractivity contribution in [3.8, 4) is 23.3 Å². The predicted octanol–water partition coefficient (Wildman–Crippen LogP) is 5.67. The number of para-hydroxylation sites is 1. The van der Waals surface area contributed by atoms with Crippen LogP contribution in [0.2, 0.25) is 0 Å². The third-order valence-electron chi connectivity index (χ3n) is 5.43. The molecule has 0 atom stereocenters. The first-order valence-electron chi connectivity index (χ1n) is 10.9. The first-order chi connectivity index (χ1) is 16.6. The Bertz CT molecular complexity index is 1580. The van der Waals surface area contributed by atoms with Crippen molar-refractivity contribution in [1.82, 2.24) is 15.0 Å². The third kappa shape index (κ3) is 4.38. The van der Waals surface area contributed by atoms with E-state index in [2.05, 4.69) is 38.2 Å². The molecule has 2 aromatic heterocycles. The standard InChI is InChI=1S/C28H22N4O2/c1-18-15-22(32-28-23-16-20(5-4-14-33)9-12-24(23)29-17-30-28)11-13-25(18)34-26-7-3-6-21-10-8-19(2)31-27(21)26/h3,6-13,15-17,33H,14H2,1-2H3,(H,29,30,32). The minimum absolute atomic E-state index is 0.184. The summed E-state index contributed by atoms with van der Waals surface area (Å²) in [5, 5.41) is 14.2. The molecule has 0 spiro atoms. The van der Waals surface area contributed by atoms with Crippen LogP contribution in [0.15, 0.2) is 73.1 Å². The second-order valence-corrected chi connectivity index (χ2v) is 7.90. The summed E-state index contributed by atoms with van der Waals surface area (Å²) in [6.07, 6.45) is 1.53. The predicted molar refractivity (Wildman–Crippen MR) is 135 cm³/mol. The van der Waals surface area contributed by atoms with Gasteiger partial charge in [-0.25, -0.2) is 15.0 Å². The van der Waals surface area contributed by atoms with Gasteiger partial charge in [0.05, 0.1) is 5.52 Å². The van der Waals surface area contributed by atoms with Crippen molar-refractivity contribution in [3.05, 3.63) is 89.9 Å². The number of nitrogens with zero attached hydrogens (tertiary/aromatic N) is 3. The average Bonchev–Trinajstić information content (AvgIpc) is 2.85. The molecule has 34 heavy (non-hydrogen) atoms. The van der Waals surface area contributed by atoms with E-state index in [9.17, 15) is 0 Å². The molecule has 0 unspecified atom stereocenters. The summed E-state index contributed by atoms with van der Waals surface area (Å²) in [7, 11) is 0. The number of anilines is 2. The lowest BCUT2D eigenvalue weighted by molar-refractivity contribution is 0.350. The maximum Gasteiger partial charge on any atom is 0.153 e. The molecule has 0 saturated heterocycles. The van der Waals surface area contributed by atoms with Gasteiger partial charge in [-0.2, -0.15) is 0 Å². The van der Waals surface area contributed by atoms with Crippen LogP contribution in [0, 0.1) is 25.7 Å². The van der Waals surface area contributed by atoms with Crippen LogP contribution in [0.4, 0.5) is 11.5 Å². The van der Waals surface area contributed by atoms with Gasteiger partial charge in [0.15, 0.2) is 5.75 Å². The fourth-order valence-corrected chi connectivity index (χ4v) is 3.77.